The zero-order valence-electron chi connectivity index (χ0n) is 5.96. The van der Waals surface area contributed by atoms with E-state index in [1.165, 1.54) is 11.8 Å². The standard InChI is InChI=1S/C6H7NO2S2/c1-4-2-7-6(11-4)10-3-5(8)9/h2H,3H2,1H3,(H,8,9)/p+1. The van der Waals surface area contributed by atoms with E-state index in [-0.39, 0.29) is 5.75 Å². The van der Waals surface area contributed by atoms with Gasteiger partial charge in [-0.3, -0.25) is 4.79 Å². The largest absolute Gasteiger partial charge is 0.481 e. The maximum atomic E-state index is 10.1. The monoisotopic (exact) mass is 190 g/mol. The molecular formula is C6H8NO2S2+. The van der Waals surface area contributed by atoms with Gasteiger partial charge in [-0.25, -0.2) is 0 Å². The van der Waals surface area contributed by atoms with Gasteiger partial charge in [-0.15, -0.1) is 0 Å². The normalized spacial score (nSPS) is 9.91. The van der Waals surface area contributed by atoms with E-state index in [0.717, 1.165) is 9.22 Å². The average Bonchev–Trinajstić information content (AvgIpc) is 2.31. The zero-order chi connectivity index (χ0) is 8.27. The van der Waals surface area contributed by atoms with Gasteiger partial charge in [0.25, 0.3) is 4.34 Å². The first-order valence-corrected chi connectivity index (χ1v) is 4.81. The molecule has 1 heterocycles. The molecule has 0 amide bonds. The Morgan fingerprint density at radius 1 is 1.91 bits per heavy atom. The van der Waals surface area contributed by atoms with Gasteiger partial charge < -0.3 is 5.11 Å². The SMILES string of the molecule is Cc1c[nH+]c(SCC(=O)O)s1. The van der Waals surface area contributed by atoms with E-state index in [2.05, 4.69) is 4.98 Å². The summed E-state index contributed by atoms with van der Waals surface area (Å²) >= 11 is 2.89. The third-order valence-electron chi connectivity index (χ3n) is 0.974. The van der Waals surface area contributed by atoms with Crippen LogP contribution in [0.4, 0.5) is 0 Å². The summed E-state index contributed by atoms with van der Waals surface area (Å²) < 4.78 is 0.949. The Labute approximate surface area is 72.5 Å². The molecule has 2 N–H and O–H groups in total. The second-order valence-corrected chi connectivity index (χ2v) is 4.47. The van der Waals surface area contributed by atoms with Crippen molar-refractivity contribution in [2.45, 2.75) is 11.3 Å². The van der Waals surface area contributed by atoms with Crippen molar-refractivity contribution in [3.8, 4) is 0 Å². The summed E-state index contributed by atoms with van der Waals surface area (Å²) in [4.78, 5) is 14.3. The number of hydrogen-bond donors (Lipinski definition) is 1. The molecule has 0 aliphatic heterocycles. The highest BCUT2D eigenvalue weighted by Gasteiger charge is 2.08. The van der Waals surface area contributed by atoms with Gasteiger partial charge in [0.05, 0.1) is 4.88 Å². The summed E-state index contributed by atoms with van der Waals surface area (Å²) in [6.07, 6.45) is 1.87. The summed E-state index contributed by atoms with van der Waals surface area (Å²) in [5, 5.41) is 8.35. The Bertz CT molecular complexity index is 259. The molecular weight excluding hydrogens is 182 g/mol. The number of rotatable bonds is 3. The molecule has 0 saturated heterocycles. The fourth-order valence-corrected chi connectivity index (χ4v) is 2.30. The number of hydrogen-bond acceptors (Lipinski definition) is 3. The van der Waals surface area contributed by atoms with E-state index in [9.17, 15) is 4.79 Å². The van der Waals surface area contributed by atoms with Crippen LogP contribution in [-0.2, 0) is 4.79 Å². The third kappa shape index (κ3) is 2.90. The van der Waals surface area contributed by atoms with Gasteiger partial charge in [-0.1, -0.05) is 11.3 Å². The predicted molar refractivity (Wildman–Crippen MR) is 44.0 cm³/mol. The average molecular weight is 190 g/mol. The van der Waals surface area contributed by atoms with Crippen LogP contribution in [0.1, 0.15) is 4.88 Å². The van der Waals surface area contributed by atoms with Gasteiger partial charge in [-0.2, -0.15) is 4.98 Å². The van der Waals surface area contributed by atoms with Crippen molar-refractivity contribution in [1.29, 1.82) is 0 Å². The van der Waals surface area contributed by atoms with Gasteiger partial charge in [0.1, 0.15) is 5.75 Å². The van der Waals surface area contributed by atoms with E-state index >= 15 is 0 Å². The van der Waals surface area contributed by atoms with Gasteiger partial charge in [0.15, 0.2) is 6.20 Å². The Morgan fingerprint density at radius 2 is 2.64 bits per heavy atom. The van der Waals surface area contributed by atoms with Crippen LogP contribution in [0.2, 0.25) is 0 Å². The molecule has 0 unspecified atom stereocenters. The van der Waals surface area contributed by atoms with E-state index in [1.807, 2.05) is 13.1 Å². The maximum Gasteiger partial charge on any atom is 0.314 e. The van der Waals surface area contributed by atoms with Gasteiger partial charge >= 0.3 is 5.97 Å². The van der Waals surface area contributed by atoms with Crippen molar-refractivity contribution in [2.75, 3.05) is 5.75 Å². The lowest BCUT2D eigenvalue weighted by atomic mass is 10.7. The maximum absolute atomic E-state index is 10.1. The molecule has 5 heteroatoms. The van der Waals surface area contributed by atoms with Gasteiger partial charge in [0.2, 0.25) is 0 Å². The molecule has 11 heavy (non-hydrogen) atoms. The second-order valence-electron chi connectivity index (χ2n) is 1.97. The smallest absolute Gasteiger partial charge is 0.314 e. The van der Waals surface area contributed by atoms with Crippen molar-refractivity contribution in [3.05, 3.63) is 11.1 Å². The number of thioether (sulfide) groups is 1. The number of thiazole rings is 1. The van der Waals surface area contributed by atoms with E-state index in [4.69, 9.17) is 5.11 Å². The van der Waals surface area contributed by atoms with Crippen molar-refractivity contribution in [3.63, 3.8) is 0 Å². The van der Waals surface area contributed by atoms with Crippen LogP contribution in [-0.4, -0.2) is 16.8 Å². The van der Waals surface area contributed by atoms with Crippen molar-refractivity contribution in [1.82, 2.24) is 0 Å². The number of carbonyl (C=O) groups is 1. The minimum Gasteiger partial charge on any atom is -0.481 e. The molecule has 0 spiro atoms. The van der Waals surface area contributed by atoms with Crippen LogP contribution in [0.25, 0.3) is 0 Å². The van der Waals surface area contributed by atoms with E-state index in [1.54, 1.807) is 11.3 Å². The number of aryl methyl sites for hydroxylation is 1. The quantitative estimate of drug-likeness (QED) is 0.725. The number of aromatic nitrogens is 1. The number of nitrogens with one attached hydrogen (secondary N) is 1. The van der Waals surface area contributed by atoms with Gasteiger partial charge in [0, 0.05) is 0 Å². The molecule has 0 fully saturated rings. The topological polar surface area (TPSA) is 51.4 Å². The number of aromatic amines is 1. The molecule has 0 bridgehead atoms. The summed E-state index contributed by atoms with van der Waals surface area (Å²) in [7, 11) is 0. The van der Waals surface area contributed by atoms with Crippen molar-refractivity contribution in [2.24, 2.45) is 0 Å². The van der Waals surface area contributed by atoms with E-state index in [0.29, 0.717) is 0 Å². The highest BCUT2D eigenvalue weighted by Crippen LogP contribution is 2.19. The lowest BCUT2D eigenvalue weighted by Gasteiger charge is -1.84. The fraction of sp³-hybridized carbons (Fsp3) is 0.333. The van der Waals surface area contributed by atoms with Crippen LogP contribution in [0.15, 0.2) is 10.5 Å². The fourth-order valence-electron chi connectivity index (χ4n) is 0.564. The first-order valence-electron chi connectivity index (χ1n) is 3.01. The van der Waals surface area contributed by atoms with Crippen molar-refractivity contribution < 1.29 is 14.9 Å². The van der Waals surface area contributed by atoms with Crippen LogP contribution < -0.4 is 4.98 Å². The van der Waals surface area contributed by atoms with Crippen LogP contribution in [0, 0.1) is 6.92 Å². The van der Waals surface area contributed by atoms with Crippen LogP contribution in [0.3, 0.4) is 0 Å². The molecule has 0 aromatic carbocycles. The Morgan fingerprint density at radius 3 is 3.09 bits per heavy atom. The summed E-state index contributed by atoms with van der Waals surface area (Å²) in [5.41, 5.74) is 0. The number of carboxylic acids is 1. The molecule has 0 aliphatic carbocycles. The molecule has 0 saturated carbocycles. The summed E-state index contributed by atoms with van der Waals surface area (Å²) in [6, 6.07) is 0. The van der Waals surface area contributed by atoms with Crippen LogP contribution >= 0.6 is 23.1 Å². The highest BCUT2D eigenvalue weighted by atomic mass is 32.2. The molecule has 1 aromatic rings. The molecule has 0 aliphatic rings. The second kappa shape index (κ2) is 3.73. The number of H-pyrrole nitrogens is 1. The predicted octanol–water partition coefficient (Wildman–Crippen LogP) is 1.05. The molecule has 1 aromatic heterocycles. The minimum absolute atomic E-state index is 0.121. The lowest BCUT2D eigenvalue weighted by Crippen LogP contribution is -2.02. The Kier molecular flexibility index (Phi) is 2.90. The Hall–Kier alpha value is -0.550. The molecule has 60 valence electrons. The third-order valence-corrected chi connectivity index (χ3v) is 3.09. The highest BCUT2D eigenvalue weighted by molar-refractivity contribution is 8.01. The molecule has 1 rings (SSSR count). The summed E-state index contributed by atoms with van der Waals surface area (Å²) in [6.45, 7) is 1.98. The van der Waals surface area contributed by atoms with Crippen molar-refractivity contribution >= 4 is 29.1 Å². The first-order chi connectivity index (χ1) is 5.18. The first kappa shape index (κ1) is 8.55. The van der Waals surface area contributed by atoms with Gasteiger partial charge in [-0.05, 0) is 18.7 Å². The molecule has 3 nitrogen and oxygen atoms in total. The summed E-state index contributed by atoms with van der Waals surface area (Å²) in [5.74, 6) is -0.661. The lowest BCUT2D eigenvalue weighted by molar-refractivity contribution is -0.416. The molecule has 0 radical (unpaired) electrons. The number of carboxylic acid groups (broad SMARTS) is 1. The minimum atomic E-state index is -0.783. The van der Waals surface area contributed by atoms with E-state index < -0.39 is 5.97 Å². The Balaban J connectivity index is 2.45. The molecule has 0 atom stereocenters. The van der Waals surface area contributed by atoms with Crippen LogP contribution in [0.5, 0.6) is 0 Å². The zero-order valence-corrected chi connectivity index (χ0v) is 7.59. The number of aliphatic carboxylic acids is 1.